The van der Waals surface area contributed by atoms with Crippen molar-refractivity contribution in [2.75, 3.05) is 25.6 Å². The Morgan fingerprint density at radius 3 is 2.41 bits per heavy atom. The molecule has 0 N–H and O–H groups in total. The second-order valence-electron chi connectivity index (χ2n) is 3.46. The van der Waals surface area contributed by atoms with Crippen LogP contribution in [0.3, 0.4) is 0 Å². The van der Waals surface area contributed by atoms with Gasteiger partial charge in [-0.25, -0.2) is 8.78 Å². The minimum atomic E-state index is -0.849. The van der Waals surface area contributed by atoms with E-state index in [0.29, 0.717) is 6.54 Å². The van der Waals surface area contributed by atoms with Crippen LogP contribution in [0.15, 0.2) is 16.6 Å². The Balaban J connectivity index is 2.96. The van der Waals surface area contributed by atoms with Gasteiger partial charge in [-0.15, -0.1) is 0 Å². The van der Waals surface area contributed by atoms with Crippen molar-refractivity contribution in [3.8, 4) is 0 Å². The molecule has 0 spiro atoms. The molecule has 0 aromatic heterocycles. The number of hydrogen-bond acceptors (Lipinski definition) is 2. The van der Waals surface area contributed by atoms with Crippen molar-refractivity contribution in [3.05, 3.63) is 33.8 Å². The highest BCUT2D eigenvalue weighted by atomic mass is 79.9. The molecule has 0 aliphatic heterocycles. The zero-order valence-corrected chi connectivity index (χ0v) is 11.9. The van der Waals surface area contributed by atoms with E-state index in [1.165, 1.54) is 11.9 Å². The van der Waals surface area contributed by atoms with E-state index in [2.05, 4.69) is 15.9 Å². The number of carbonyl (C=O) groups is 1. The van der Waals surface area contributed by atoms with Crippen molar-refractivity contribution in [1.29, 1.82) is 0 Å². The van der Waals surface area contributed by atoms with Crippen LogP contribution >= 0.6 is 27.7 Å². The third-order valence-corrected chi connectivity index (χ3v) is 3.25. The summed E-state index contributed by atoms with van der Waals surface area (Å²) in [6.45, 7) is 0.453. The summed E-state index contributed by atoms with van der Waals surface area (Å²) in [6.07, 6.45) is 1.90. The predicted octanol–water partition coefficient (Wildman–Crippen LogP) is 3.16. The zero-order chi connectivity index (χ0) is 13.0. The second-order valence-corrected chi connectivity index (χ2v) is 5.37. The van der Waals surface area contributed by atoms with E-state index in [-0.39, 0.29) is 4.47 Å². The summed E-state index contributed by atoms with van der Waals surface area (Å²) in [5.74, 6) is -1.61. The largest absolute Gasteiger partial charge is 0.341 e. The first-order chi connectivity index (χ1) is 7.97. The highest BCUT2D eigenvalue weighted by Gasteiger charge is 2.21. The van der Waals surface area contributed by atoms with Crippen LogP contribution in [-0.2, 0) is 0 Å². The van der Waals surface area contributed by atoms with Gasteiger partial charge in [0, 0.05) is 23.8 Å². The van der Waals surface area contributed by atoms with Crippen LogP contribution in [0.5, 0.6) is 0 Å². The summed E-state index contributed by atoms with van der Waals surface area (Å²) in [4.78, 5) is 13.1. The van der Waals surface area contributed by atoms with Gasteiger partial charge < -0.3 is 4.90 Å². The number of nitrogens with zero attached hydrogens (tertiary/aromatic N) is 1. The quantitative estimate of drug-likeness (QED) is 0.848. The van der Waals surface area contributed by atoms with Crippen LogP contribution in [-0.4, -0.2) is 36.4 Å². The number of rotatable bonds is 4. The van der Waals surface area contributed by atoms with Gasteiger partial charge in [-0.05, 0) is 18.4 Å². The Morgan fingerprint density at radius 2 is 1.94 bits per heavy atom. The van der Waals surface area contributed by atoms with Gasteiger partial charge in [0.1, 0.15) is 17.2 Å². The van der Waals surface area contributed by atoms with Crippen LogP contribution in [0.2, 0.25) is 0 Å². The summed E-state index contributed by atoms with van der Waals surface area (Å²) in [5.41, 5.74) is -0.503. The molecule has 17 heavy (non-hydrogen) atoms. The van der Waals surface area contributed by atoms with Gasteiger partial charge >= 0.3 is 0 Å². The fourth-order valence-electron chi connectivity index (χ4n) is 1.27. The molecule has 0 saturated heterocycles. The summed E-state index contributed by atoms with van der Waals surface area (Å²) in [6, 6.07) is 2.16. The Bertz CT molecular complexity index is 405. The SMILES string of the molecule is CSCCN(C)C(=O)c1c(F)cc(Br)cc1F. The Labute approximate surface area is 111 Å². The molecule has 1 amide bonds. The van der Waals surface area contributed by atoms with Gasteiger partial charge in [0.05, 0.1) is 0 Å². The molecule has 0 unspecified atom stereocenters. The second kappa shape index (κ2) is 6.35. The minimum Gasteiger partial charge on any atom is -0.341 e. The molecule has 0 radical (unpaired) electrons. The number of carbonyl (C=O) groups excluding carboxylic acids is 1. The molecule has 1 aromatic carbocycles. The highest BCUT2D eigenvalue weighted by Crippen LogP contribution is 2.20. The number of thioether (sulfide) groups is 1. The van der Waals surface area contributed by atoms with Gasteiger partial charge in [-0.1, -0.05) is 15.9 Å². The number of halogens is 3. The van der Waals surface area contributed by atoms with Gasteiger partial charge in [0.25, 0.3) is 5.91 Å². The van der Waals surface area contributed by atoms with Gasteiger partial charge in [0.2, 0.25) is 0 Å². The predicted molar refractivity (Wildman–Crippen MR) is 69.4 cm³/mol. The smallest absolute Gasteiger partial charge is 0.259 e. The first-order valence-electron chi connectivity index (χ1n) is 4.86. The molecule has 0 atom stereocenters. The monoisotopic (exact) mass is 323 g/mol. The van der Waals surface area contributed by atoms with Crippen molar-refractivity contribution in [3.63, 3.8) is 0 Å². The molecule has 0 fully saturated rings. The number of amides is 1. The van der Waals surface area contributed by atoms with Gasteiger partial charge in [-0.3, -0.25) is 4.79 Å². The first-order valence-corrected chi connectivity index (χ1v) is 7.05. The summed E-state index contributed by atoms with van der Waals surface area (Å²) in [5, 5.41) is 0. The van der Waals surface area contributed by atoms with Crippen molar-refractivity contribution >= 4 is 33.6 Å². The topological polar surface area (TPSA) is 20.3 Å². The highest BCUT2D eigenvalue weighted by molar-refractivity contribution is 9.10. The third kappa shape index (κ3) is 3.67. The summed E-state index contributed by atoms with van der Waals surface area (Å²) >= 11 is 4.53. The average molecular weight is 324 g/mol. The maximum atomic E-state index is 13.5. The lowest BCUT2D eigenvalue weighted by Crippen LogP contribution is -2.30. The minimum absolute atomic E-state index is 0.274. The maximum Gasteiger partial charge on any atom is 0.259 e. The molecule has 1 rings (SSSR count). The molecular formula is C11H12BrF2NOS. The summed E-state index contributed by atoms with van der Waals surface area (Å²) < 4.78 is 27.3. The Kier molecular flexibility index (Phi) is 5.39. The molecular weight excluding hydrogens is 312 g/mol. The van der Waals surface area contributed by atoms with Gasteiger partial charge in [0.15, 0.2) is 0 Å². The van der Waals surface area contributed by atoms with Crippen LogP contribution in [0, 0.1) is 11.6 Å². The molecule has 6 heteroatoms. The van der Waals surface area contributed by atoms with E-state index in [1.54, 1.807) is 11.8 Å². The molecule has 0 aliphatic carbocycles. The molecule has 94 valence electrons. The van der Waals surface area contributed by atoms with Crippen LogP contribution in [0.1, 0.15) is 10.4 Å². The average Bonchev–Trinajstić information content (AvgIpc) is 2.24. The summed E-state index contributed by atoms with van der Waals surface area (Å²) in [7, 11) is 1.53. The van der Waals surface area contributed by atoms with E-state index in [0.717, 1.165) is 17.9 Å². The molecule has 0 aliphatic rings. The van der Waals surface area contributed by atoms with E-state index < -0.39 is 23.1 Å². The van der Waals surface area contributed by atoms with Crippen molar-refractivity contribution in [2.24, 2.45) is 0 Å². The lowest BCUT2D eigenvalue weighted by atomic mass is 10.1. The van der Waals surface area contributed by atoms with Crippen LogP contribution in [0.4, 0.5) is 8.78 Å². The van der Waals surface area contributed by atoms with Crippen molar-refractivity contribution < 1.29 is 13.6 Å². The van der Waals surface area contributed by atoms with E-state index >= 15 is 0 Å². The Hall–Kier alpha value is -0.620. The lowest BCUT2D eigenvalue weighted by Gasteiger charge is -2.17. The maximum absolute atomic E-state index is 13.5. The molecule has 0 saturated carbocycles. The zero-order valence-electron chi connectivity index (χ0n) is 9.47. The fourth-order valence-corrected chi connectivity index (χ4v) is 2.13. The fraction of sp³-hybridized carbons (Fsp3) is 0.364. The van der Waals surface area contributed by atoms with Gasteiger partial charge in [-0.2, -0.15) is 11.8 Å². The normalized spacial score (nSPS) is 10.4. The number of hydrogen-bond donors (Lipinski definition) is 0. The lowest BCUT2D eigenvalue weighted by molar-refractivity contribution is 0.0794. The van der Waals surface area contributed by atoms with Crippen molar-refractivity contribution in [1.82, 2.24) is 4.90 Å². The molecule has 1 aromatic rings. The molecule has 2 nitrogen and oxygen atoms in total. The van der Waals surface area contributed by atoms with E-state index in [9.17, 15) is 13.6 Å². The van der Waals surface area contributed by atoms with Crippen LogP contribution in [0.25, 0.3) is 0 Å². The van der Waals surface area contributed by atoms with Crippen molar-refractivity contribution in [2.45, 2.75) is 0 Å². The van der Waals surface area contributed by atoms with Crippen LogP contribution < -0.4 is 0 Å². The first kappa shape index (κ1) is 14.4. The molecule has 0 heterocycles. The third-order valence-electron chi connectivity index (χ3n) is 2.20. The van der Waals surface area contributed by atoms with E-state index in [1.807, 2.05) is 6.26 Å². The standard InChI is InChI=1S/C11H12BrF2NOS/c1-15(3-4-17-2)11(16)10-8(13)5-7(12)6-9(10)14/h5-6H,3-4H2,1-2H3. The van der Waals surface area contributed by atoms with E-state index in [4.69, 9.17) is 0 Å². The molecule has 0 bridgehead atoms. The number of benzene rings is 1. The Morgan fingerprint density at radius 1 is 1.41 bits per heavy atom.